The predicted octanol–water partition coefficient (Wildman–Crippen LogP) is 5.50. The van der Waals surface area contributed by atoms with Crippen molar-refractivity contribution in [1.82, 2.24) is 4.98 Å². The molecule has 27 heavy (non-hydrogen) atoms. The third-order valence-corrected chi connectivity index (χ3v) is 6.02. The Bertz CT molecular complexity index is 1070. The molecule has 4 rings (SSSR count). The largest absolute Gasteiger partial charge is 0.510 e. The quantitative estimate of drug-likeness (QED) is 0.635. The lowest BCUT2D eigenvalue weighted by atomic mass is 10.1. The molecule has 0 radical (unpaired) electrons. The zero-order chi connectivity index (χ0) is 19.1. The highest BCUT2D eigenvalue weighted by atomic mass is 32.1. The van der Waals surface area contributed by atoms with Gasteiger partial charge in [-0.2, -0.15) is 0 Å². The topological polar surface area (TPSA) is 60.2 Å². The Morgan fingerprint density at radius 1 is 1.04 bits per heavy atom. The molecule has 3 aromatic rings. The Morgan fingerprint density at radius 3 is 2.52 bits per heavy atom. The molecule has 0 aliphatic carbocycles. The van der Waals surface area contributed by atoms with E-state index in [0.717, 1.165) is 27.4 Å². The Labute approximate surface area is 163 Å². The fraction of sp³-hybridized carbons (Fsp3) is 0.182. The van der Waals surface area contributed by atoms with E-state index < -0.39 is 0 Å². The summed E-state index contributed by atoms with van der Waals surface area (Å²) < 4.78 is 0. The van der Waals surface area contributed by atoms with Crippen molar-refractivity contribution in [3.05, 3.63) is 75.3 Å². The van der Waals surface area contributed by atoms with Crippen LogP contribution in [0.3, 0.4) is 0 Å². The van der Waals surface area contributed by atoms with E-state index in [1.54, 1.807) is 0 Å². The number of rotatable bonds is 3. The van der Waals surface area contributed by atoms with Gasteiger partial charge in [0.15, 0.2) is 0 Å². The summed E-state index contributed by atoms with van der Waals surface area (Å²) in [5.41, 5.74) is 5.74. The molecule has 1 aliphatic rings. The Kier molecular flexibility index (Phi) is 4.32. The molecule has 0 unspecified atom stereocenters. The minimum absolute atomic E-state index is 0.203. The zero-order valence-corrected chi connectivity index (χ0v) is 16.4. The molecular formula is C22H21N3OS. The number of benzene rings is 2. The molecule has 2 heterocycles. The summed E-state index contributed by atoms with van der Waals surface area (Å²) in [6.45, 7) is 6.44. The second kappa shape index (κ2) is 6.67. The monoisotopic (exact) mass is 375 g/mol. The van der Waals surface area contributed by atoms with Crippen molar-refractivity contribution in [3.63, 3.8) is 0 Å². The van der Waals surface area contributed by atoms with Crippen molar-refractivity contribution in [2.45, 2.75) is 20.8 Å². The van der Waals surface area contributed by atoms with Crippen LogP contribution in [0.5, 0.6) is 0 Å². The van der Waals surface area contributed by atoms with Crippen LogP contribution in [0, 0.1) is 26.2 Å². The summed E-state index contributed by atoms with van der Waals surface area (Å²) in [5, 5.41) is 20.0. The lowest BCUT2D eigenvalue weighted by Crippen LogP contribution is -2.27. The number of amidine groups is 1. The number of anilines is 1. The number of nitrogens with zero attached hydrogens (tertiary/aromatic N) is 2. The normalized spacial score (nSPS) is 14.3. The molecule has 2 aromatic carbocycles. The van der Waals surface area contributed by atoms with Gasteiger partial charge in [0.1, 0.15) is 16.6 Å². The van der Waals surface area contributed by atoms with Crippen molar-refractivity contribution >= 4 is 28.4 Å². The molecular weight excluding hydrogens is 354 g/mol. The number of aryl methyl sites for hydroxylation is 2. The van der Waals surface area contributed by atoms with Gasteiger partial charge < -0.3 is 10.0 Å². The van der Waals surface area contributed by atoms with Crippen molar-refractivity contribution in [2.75, 3.05) is 11.4 Å². The molecule has 2 N–H and O–H groups in total. The van der Waals surface area contributed by atoms with Crippen LogP contribution in [0.4, 0.5) is 5.69 Å². The van der Waals surface area contributed by atoms with Gasteiger partial charge in [-0.15, -0.1) is 11.3 Å². The zero-order valence-electron chi connectivity index (χ0n) is 15.6. The fourth-order valence-corrected chi connectivity index (χ4v) is 4.41. The summed E-state index contributed by atoms with van der Waals surface area (Å²) in [6.07, 6.45) is 0. The third-order valence-electron chi connectivity index (χ3n) is 5.03. The Balaban J connectivity index is 1.72. The van der Waals surface area contributed by atoms with Crippen LogP contribution < -0.4 is 4.90 Å². The molecule has 136 valence electrons. The summed E-state index contributed by atoms with van der Waals surface area (Å²) in [5.74, 6) is 0.504. The maximum Gasteiger partial charge on any atom is 0.139 e. The second-order valence-corrected chi connectivity index (χ2v) is 7.97. The highest BCUT2D eigenvalue weighted by molar-refractivity contribution is 7.13. The number of thiazole rings is 1. The first-order valence-corrected chi connectivity index (χ1v) is 9.67. The number of aromatic nitrogens is 1. The molecule has 1 aliphatic heterocycles. The fourth-order valence-electron chi connectivity index (χ4n) is 3.41. The SMILES string of the molecule is Cc1cccc(N2CC(O)=C(c3nc(-c4ccccc4)c(C)s3)C2=N)c1C. The third kappa shape index (κ3) is 2.94. The van der Waals surface area contributed by atoms with Crippen LogP contribution in [0.25, 0.3) is 16.8 Å². The molecule has 4 nitrogen and oxygen atoms in total. The van der Waals surface area contributed by atoms with Gasteiger partial charge >= 0.3 is 0 Å². The summed E-state index contributed by atoms with van der Waals surface area (Å²) >= 11 is 1.52. The van der Waals surface area contributed by atoms with Crippen LogP contribution in [-0.2, 0) is 0 Å². The van der Waals surface area contributed by atoms with Crippen LogP contribution in [0.15, 0.2) is 54.3 Å². The van der Waals surface area contributed by atoms with Gasteiger partial charge in [-0.25, -0.2) is 4.98 Å². The van der Waals surface area contributed by atoms with Gasteiger partial charge in [0.2, 0.25) is 0 Å². The maximum atomic E-state index is 10.6. The van der Waals surface area contributed by atoms with Crippen LogP contribution >= 0.6 is 11.3 Å². The van der Waals surface area contributed by atoms with Gasteiger partial charge in [0.05, 0.1) is 17.8 Å². The molecule has 0 spiro atoms. The van der Waals surface area contributed by atoms with E-state index in [9.17, 15) is 5.11 Å². The standard InChI is InChI=1S/C22H21N3OS/c1-13-8-7-11-17(14(13)2)25-12-18(26)19(21(25)23)22-24-20(15(3)27-22)16-9-5-4-6-10-16/h4-11,23,26H,12H2,1-3H3. The highest BCUT2D eigenvalue weighted by Crippen LogP contribution is 2.37. The minimum atomic E-state index is 0.203. The predicted molar refractivity (Wildman–Crippen MR) is 113 cm³/mol. The van der Waals surface area contributed by atoms with Crippen molar-refractivity contribution in [2.24, 2.45) is 0 Å². The molecule has 0 amide bonds. The van der Waals surface area contributed by atoms with Gasteiger partial charge in [-0.3, -0.25) is 5.41 Å². The molecule has 5 heteroatoms. The summed E-state index contributed by atoms with van der Waals surface area (Å²) in [7, 11) is 0. The van der Waals surface area contributed by atoms with E-state index >= 15 is 0 Å². The van der Waals surface area contributed by atoms with Crippen molar-refractivity contribution in [1.29, 1.82) is 5.41 Å². The number of nitrogens with one attached hydrogen (secondary N) is 1. The maximum absolute atomic E-state index is 10.6. The van der Waals surface area contributed by atoms with Gasteiger partial charge in [0, 0.05) is 16.1 Å². The van der Waals surface area contributed by atoms with Gasteiger partial charge in [-0.1, -0.05) is 42.5 Å². The summed E-state index contributed by atoms with van der Waals surface area (Å²) in [4.78, 5) is 7.70. The minimum Gasteiger partial charge on any atom is -0.510 e. The van der Waals surface area contributed by atoms with Crippen LogP contribution in [0.1, 0.15) is 21.0 Å². The average Bonchev–Trinajstić information content (AvgIpc) is 3.17. The molecule has 0 bridgehead atoms. The molecule has 0 fully saturated rings. The van der Waals surface area contributed by atoms with E-state index in [-0.39, 0.29) is 5.76 Å². The lowest BCUT2D eigenvalue weighted by molar-refractivity contribution is 0.411. The van der Waals surface area contributed by atoms with Crippen LogP contribution in [-0.4, -0.2) is 22.5 Å². The lowest BCUT2D eigenvalue weighted by Gasteiger charge is -2.21. The van der Waals surface area contributed by atoms with Crippen molar-refractivity contribution in [3.8, 4) is 11.3 Å². The van der Waals surface area contributed by atoms with E-state index in [0.29, 0.717) is 23.0 Å². The number of hydrogen-bond donors (Lipinski definition) is 2. The number of aliphatic hydroxyl groups excluding tert-OH is 1. The molecule has 0 atom stereocenters. The van der Waals surface area contributed by atoms with E-state index in [1.165, 1.54) is 16.9 Å². The molecule has 0 saturated carbocycles. The first-order chi connectivity index (χ1) is 13.0. The van der Waals surface area contributed by atoms with Gasteiger partial charge in [-0.05, 0) is 38.0 Å². The first kappa shape index (κ1) is 17.5. The van der Waals surface area contributed by atoms with Crippen molar-refractivity contribution < 1.29 is 5.11 Å². The summed E-state index contributed by atoms with van der Waals surface area (Å²) in [6, 6.07) is 16.1. The molecule has 1 aromatic heterocycles. The van der Waals surface area contributed by atoms with E-state index in [4.69, 9.17) is 10.4 Å². The second-order valence-electron chi connectivity index (χ2n) is 6.77. The van der Waals surface area contributed by atoms with Crippen LogP contribution in [0.2, 0.25) is 0 Å². The average molecular weight is 375 g/mol. The highest BCUT2D eigenvalue weighted by Gasteiger charge is 2.32. The Morgan fingerprint density at radius 2 is 1.78 bits per heavy atom. The number of hydrogen-bond acceptors (Lipinski definition) is 4. The molecule has 0 saturated heterocycles. The van der Waals surface area contributed by atoms with Gasteiger partial charge in [0.25, 0.3) is 0 Å². The first-order valence-electron chi connectivity index (χ1n) is 8.85. The Hall–Kier alpha value is -2.92. The smallest absolute Gasteiger partial charge is 0.139 e. The van der Waals surface area contributed by atoms with E-state index in [2.05, 4.69) is 13.0 Å². The number of aliphatic hydroxyl groups is 1. The van der Waals surface area contributed by atoms with E-state index in [1.807, 2.05) is 61.2 Å².